The first kappa shape index (κ1) is 20.3. The Morgan fingerprint density at radius 1 is 0.900 bits per heavy atom. The SMILES string of the molecule is N[C@@H](CC(=O)NC(c1ccccc1)(c1ccccc1)c1ccccc1)C1(O)COC1. The smallest absolute Gasteiger partial charge is 0.222 e. The highest BCUT2D eigenvalue weighted by molar-refractivity contribution is 5.80. The molecule has 4 N–H and O–H groups in total. The highest BCUT2D eigenvalue weighted by Gasteiger charge is 2.44. The number of amides is 1. The van der Waals surface area contributed by atoms with Crippen molar-refractivity contribution in [2.24, 2.45) is 5.73 Å². The van der Waals surface area contributed by atoms with E-state index >= 15 is 0 Å². The third-order valence-electron chi connectivity index (χ3n) is 5.75. The number of carbonyl (C=O) groups excluding carboxylic acids is 1. The minimum absolute atomic E-state index is 0.00584. The number of hydrogen-bond donors (Lipinski definition) is 3. The normalized spacial score (nSPS) is 16.3. The molecule has 0 spiro atoms. The summed E-state index contributed by atoms with van der Waals surface area (Å²) in [5.41, 5.74) is 6.94. The predicted molar refractivity (Wildman–Crippen MR) is 116 cm³/mol. The van der Waals surface area contributed by atoms with Crippen LogP contribution in [0.1, 0.15) is 23.1 Å². The van der Waals surface area contributed by atoms with E-state index in [2.05, 4.69) is 5.32 Å². The third-order valence-corrected chi connectivity index (χ3v) is 5.75. The monoisotopic (exact) mass is 402 g/mol. The van der Waals surface area contributed by atoms with Crippen LogP contribution in [0.15, 0.2) is 91.0 Å². The molecule has 1 aliphatic rings. The topological polar surface area (TPSA) is 84.6 Å². The lowest BCUT2D eigenvalue weighted by Crippen LogP contribution is -2.63. The predicted octanol–water partition coefficient (Wildman–Crippen LogP) is 2.57. The summed E-state index contributed by atoms with van der Waals surface area (Å²) in [5.74, 6) is -0.237. The summed E-state index contributed by atoms with van der Waals surface area (Å²) in [6, 6.07) is 29.0. The number of nitrogens with one attached hydrogen (secondary N) is 1. The second kappa shape index (κ2) is 8.40. The number of nitrogens with two attached hydrogens (primary N) is 1. The van der Waals surface area contributed by atoms with Gasteiger partial charge in [0.1, 0.15) is 11.1 Å². The van der Waals surface area contributed by atoms with E-state index < -0.39 is 17.2 Å². The second-order valence-electron chi connectivity index (χ2n) is 7.80. The van der Waals surface area contributed by atoms with Crippen LogP contribution in [-0.4, -0.2) is 35.9 Å². The molecular weight excluding hydrogens is 376 g/mol. The van der Waals surface area contributed by atoms with Crippen molar-refractivity contribution in [3.8, 4) is 0 Å². The van der Waals surface area contributed by atoms with Gasteiger partial charge in [0.2, 0.25) is 5.91 Å². The van der Waals surface area contributed by atoms with Gasteiger partial charge >= 0.3 is 0 Å². The lowest BCUT2D eigenvalue weighted by molar-refractivity contribution is -0.190. The zero-order chi connectivity index (χ0) is 21.0. The molecule has 1 fully saturated rings. The van der Waals surface area contributed by atoms with Crippen LogP contribution in [0.25, 0.3) is 0 Å². The molecule has 1 heterocycles. The Morgan fingerprint density at radius 2 is 1.30 bits per heavy atom. The van der Waals surface area contributed by atoms with E-state index in [4.69, 9.17) is 10.5 Å². The molecular formula is C25H26N2O3. The van der Waals surface area contributed by atoms with Crippen molar-refractivity contribution in [3.63, 3.8) is 0 Å². The number of hydrogen-bond acceptors (Lipinski definition) is 4. The molecule has 0 unspecified atom stereocenters. The van der Waals surface area contributed by atoms with Crippen LogP contribution in [0.4, 0.5) is 0 Å². The molecule has 0 saturated carbocycles. The van der Waals surface area contributed by atoms with E-state index in [-0.39, 0.29) is 25.5 Å². The molecule has 0 bridgehead atoms. The first-order chi connectivity index (χ1) is 14.5. The molecule has 30 heavy (non-hydrogen) atoms. The van der Waals surface area contributed by atoms with Gasteiger partial charge in [0.15, 0.2) is 0 Å². The molecule has 0 radical (unpaired) electrons. The Morgan fingerprint density at radius 3 is 1.63 bits per heavy atom. The standard InChI is InChI=1S/C25H26N2O3/c26-22(24(29)17-30-18-24)16-23(28)27-25(19-10-4-1-5-11-19,20-12-6-2-7-13-20)21-14-8-3-9-15-21/h1-15,22,29H,16-18,26H2,(H,27,28)/t22-/m0/s1. The van der Waals surface area contributed by atoms with Crippen molar-refractivity contribution in [1.82, 2.24) is 5.32 Å². The Kier molecular flexibility index (Phi) is 5.68. The second-order valence-corrected chi connectivity index (χ2v) is 7.80. The average Bonchev–Trinajstić information content (AvgIpc) is 2.77. The van der Waals surface area contributed by atoms with Gasteiger partial charge in [0, 0.05) is 12.5 Å². The summed E-state index contributed by atoms with van der Waals surface area (Å²) in [4.78, 5) is 13.2. The first-order valence-corrected chi connectivity index (χ1v) is 10.1. The highest BCUT2D eigenvalue weighted by atomic mass is 16.5. The molecule has 1 amide bonds. The van der Waals surface area contributed by atoms with Crippen molar-refractivity contribution in [3.05, 3.63) is 108 Å². The van der Waals surface area contributed by atoms with Crippen LogP contribution in [0.5, 0.6) is 0 Å². The number of aliphatic hydroxyl groups is 1. The van der Waals surface area contributed by atoms with Crippen LogP contribution in [0.3, 0.4) is 0 Å². The van der Waals surface area contributed by atoms with Crippen LogP contribution in [-0.2, 0) is 15.1 Å². The van der Waals surface area contributed by atoms with Gasteiger partial charge in [-0.15, -0.1) is 0 Å². The summed E-state index contributed by atoms with van der Waals surface area (Å²) in [6.07, 6.45) is -0.00584. The van der Waals surface area contributed by atoms with Gasteiger partial charge in [0.05, 0.1) is 13.2 Å². The lowest BCUT2D eigenvalue weighted by Gasteiger charge is -2.41. The third kappa shape index (κ3) is 3.75. The average molecular weight is 402 g/mol. The molecule has 154 valence electrons. The zero-order valence-corrected chi connectivity index (χ0v) is 16.7. The Balaban J connectivity index is 1.78. The molecule has 3 aromatic rings. The molecule has 3 aromatic carbocycles. The Hall–Kier alpha value is -2.99. The lowest BCUT2D eigenvalue weighted by atomic mass is 9.76. The quantitative estimate of drug-likeness (QED) is 0.531. The fraction of sp³-hybridized carbons (Fsp3) is 0.240. The van der Waals surface area contributed by atoms with E-state index in [9.17, 15) is 9.90 Å². The van der Waals surface area contributed by atoms with Crippen molar-refractivity contribution in [2.45, 2.75) is 23.6 Å². The molecule has 1 aliphatic heterocycles. The van der Waals surface area contributed by atoms with Crippen LogP contribution < -0.4 is 11.1 Å². The summed E-state index contributed by atoms with van der Waals surface area (Å²) in [5, 5.41) is 13.7. The van der Waals surface area contributed by atoms with Crippen molar-refractivity contribution < 1.29 is 14.6 Å². The van der Waals surface area contributed by atoms with Crippen LogP contribution in [0, 0.1) is 0 Å². The Bertz CT molecular complexity index is 876. The number of ether oxygens (including phenoxy) is 1. The minimum Gasteiger partial charge on any atom is -0.383 e. The fourth-order valence-corrected chi connectivity index (χ4v) is 3.96. The van der Waals surface area contributed by atoms with Gasteiger partial charge in [-0.1, -0.05) is 91.0 Å². The van der Waals surface area contributed by atoms with Gasteiger partial charge in [-0.2, -0.15) is 0 Å². The van der Waals surface area contributed by atoms with E-state index in [1.54, 1.807) is 0 Å². The Labute approximate surface area is 176 Å². The largest absolute Gasteiger partial charge is 0.383 e. The van der Waals surface area contributed by atoms with Gasteiger partial charge in [-0.05, 0) is 16.7 Å². The molecule has 5 nitrogen and oxygen atoms in total. The zero-order valence-electron chi connectivity index (χ0n) is 16.7. The van der Waals surface area contributed by atoms with E-state index in [0.717, 1.165) is 16.7 Å². The molecule has 1 saturated heterocycles. The number of benzene rings is 3. The molecule has 0 aromatic heterocycles. The van der Waals surface area contributed by atoms with Crippen molar-refractivity contribution in [1.29, 1.82) is 0 Å². The van der Waals surface area contributed by atoms with Gasteiger partial charge < -0.3 is 20.9 Å². The van der Waals surface area contributed by atoms with Gasteiger partial charge in [-0.25, -0.2) is 0 Å². The van der Waals surface area contributed by atoms with Gasteiger partial charge in [-0.3, -0.25) is 4.79 Å². The maximum absolute atomic E-state index is 13.2. The maximum atomic E-state index is 13.2. The number of rotatable bonds is 7. The molecule has 4 rings (SSSR count). The molecule has 0 aliphatic carbocycles. The van der Waals surface area contributed by atoms with E-state index in [1.807, 2.05) is 91.0 Å². The van der Waals surface area contributed by atoms with E-state index in [1.165, 1.54) is 0 Å². The summed E-state index contributed by atoms with van der Waals surface area (Å²) in [6.45, 7) is 0.311. The highest BCUT2D eigenvalue weighted by Crippen LogP contribution is 2.37. The fourth-order valence-electron chi connectivity index (χ4n) is 3.96. The first-order valence-electron chi connectivity index (χ1n) is 10.1. The van der Waals surface area contributed by atoms with Gasteiger partial charge in [0.25, 0.3) is 0 Å². The maximum Gasteiger partial charge on any atom is 0.222 e. The van der Waals surface area contributed by atoms with Crippen molar-refractivity contribution >= 4 is 5.91 Å². The molecule has 5 heteroatoms. The van der Waals surface area contributed by atoms with Crippen LogP contribution in [0.2, 0.25) is 0 Å². The van der Waals surface area contributed by atoms with Crippen molar-refractivity contribution in [2.75, 3.05) is 13.2 Å². The molecule has 1 atom stereocenters. The summed E-state index contributed by atoms with van der Waals surface area (Å²) < 4.78 is 5.09. The van der Waals surface area contributed by atoms with Crippen LogP contribution >= 0.6 is 0 Å². The summed E-state index contributed by atoms with van der Waals surface area (Å²) in [7, 11) is 0. The number of carbonyl (C=O) groups is 1. The van der Waals surface area contributed by atoms with E-state index in [0.29, 0.717) is 0 Å². The summed E-state index contributed by atoms with van der Waals surface area (Å²) >= 11 is 0. The minimum atomic E-state index is -1.15.